The lowest BCUT2D eigenvalue weighted by Gasteiger charge is -1.97. The molecule has 0 fully saturated rings. The third-order valence-corrected chi connectivity index (χ3v) is 2.65. The molecule has 2 heteroatoms. The molecule has 1 heterocycles. The number of aliphatic hydroxyl groups excluding tert-OH is 1. The summed E-state index contributed by atoms with van der Waals surface area (Å²) in [7, 11) is 0. The summed E-state index contributed by atoms with van der Waals surface area (Å²) in [5.41, 5.74) is 1.25. The maximum Gasteiger partial charge on any atom is 0.0471 e. The first kappa shape index (κ1) is 7.15. The first-order chi connectivity index (χ1) is 4.43. The van der Waals surface area contributed by atoms with Crippen molar-refractivity contribution in [1.29, 1.82) is 0 Å². The molecule has 0 bridgehead atoms. The van der Waals surface area contributed by atoms with Gasteiger partial charge in [0.05, 0.1) is 0 Å². The Hall–Kier alpha value is 0.0400. The maximum atomic E-state index is 8.54. The van der Waals surface area contributed by atoms with Gasteiger partial charge in [-0.15, -0.1) is 0 Å². The molecule has 0 spiro atoms. The van der Waals surface area contributed by atoms with Crippen LogP contribution in [0.15, 0.2) is 21.8 Å². The number of hydrogen-bond acceptors (Lipinski definition) is 1. The minimum absolute atomic E-state index is 0.213. The summed E-state index contributed by atoms with van der Waals surface area (Å²) in [5.74, 6) is 0. The van der Waals surface area contributed by atoms with Gasteiger partial charge in [0.1, 0.15) is 0 Å². The summed E-state index contributed by atoms with van der Waals surface area (Å²) >= 11 is 0.213. The highest BCUT2D eigenvalue weighted by atomic mass is 127. The van der Waals surface area contributed by atoms with Crippen LogP contribution >= 0.6 is 20.7 Å². The van der Waals surface area contributed by atoms with E-state index < -0.39 is 0 Å². The van der Waals surface area contributed by atoms with Gasteiger partial charge in [-0.2, -0.15) is 0 Å². The zero-order valence-corrected chi connectivity index (χ0v) is 7.21. The van der Waals surface area contributed by atoms with Gasteiger partial charge in [-0.05, 0) is 20.1 Å². The standard InChI is InChI=1S/C7H9IO/c9-6-3-7-1-4-8-5-2-7/h1-2,4-5,9H,3,6H2. The average molecular weight is 236 g/mol. The summed E-state index contributed by atoms with van der Waals surface area (Å²) in [4.78, 5) is 0. The smallest absolute Gasteiger partial charge is 0.0471 e. The molecule has 1 aliphatic rings. The average Bonchev–Trinajstić information content (AvgIpc) is 1.91. The van der Waals surface area contributed by atoms with Crippen LogP contribution in [-0.4, -0.2) is 15.7 Å². The molecule has 0 unspecified atom stereocenters. The molecule has 0 aromatic heterocycles. The van der Waals surface area contributed by atoms with Gasteiger partial charge < -0.3 is 5.11 Å². The van der Waals surface area contributed by atoms with Crippen LogP contribution in [0.3, 0.4) is 0 Å². The van der Waals surface area contributed by atoms with Gasteiger partial charge in [0.25, 0.3) is 0 Å². The minimum atomic E-state index is 0.213. The highest BCUT2D eigenvalue weighted by Gasteiger charge is 1.90. The Labute approximate surface area is 64.8 Å². The van der Waals surface area contributed by atoms with E-state index in [0.717, 1.165) is 6.42 Å². The van der Waals surface area contributed by atoms with E-state index in [9.17, 15) is 0 Å². The SMILES string of the molecule is OCCC1=CC=IC=C1. The van der Waals surface area contributed by atoms with Gasteiger partial charge in [0.2, 0.25) is 0 Å². The lowest BCUT2D eigenvalue weighted by atomic mass is 10.2. The van der Waals surface area contributed by atoms with Crippen LogP contribution in [0.2, 0.25) is 0 Å². The first-order valence-corrected chi connectivity index (χ1v) is 5.34. The number of allylic oxidation sites excluding steroid dienone is 2. The molecule has 0 atom stereocenters. The number of hydrogen-bond donors (Lipinski definition) is 1. The Morgan fingerprint density at radius 3 is 3.00 bits per heavy atom. The molecule has 9 heavy (non-hydrogen) atoms. The molecule has 0 radical (unpaired) electrons. The topological polar surface area (TPSA) is 20.2 Å². The van der Waals surface area contributed by atoms with Crippen LogP contribution in [0.5, 0.6) is 0 Å². The van der Waals surface area contributed by atoms with Crippen molar-refractivity contribution in [3.8, 4) is 0 Å². The van der Waals surface area contributed by atoms with E-state index in [0.29, 0.717) is 0 Å². The van der Waals surface area contributed by atoms with Gasteiger partial charge in [-0.25, -0.2) is 0 Å². The van der Waals surface area contributed by atoms with Crippen molar-refractivity contribution in [2.45, 2.75) is 6.42 Å². The Kier molecular flexibility index (Phi) is 3.14. The Bertz CT molecular complexity index is 168. The predicted molar refractivity (Wildman–Crippen MR) is 49.0 cm³/mol. The van der Waals surface area contributed by atoms with E-state index in [1.807, 2.05) is 0 Å². The van der Waals surface area contributed by atoms with Gasteiger partial charge >= 0.3 is 0 Å². The fourth-order valence-electron chi connectivity index (χ4n) is 0.628. The summed E-state index contributed by atoms with van der Waals surface area (Å²) < 4.78 is 4.42. The highest BCUT2D eigenvalue weighted by Crippen LogP contribution is 2.11. The summed E-state index contributed by atoms with van der Waals surface area (Å²) in [6, 6.07) is 0. The first-order valence-electron chi connectivity index (χ1n) is 2.85. The van der Waals surface area contributed by atoms with Crippen molar-refractivity contribution in [2.24, 2.45) is 0 Å². The third kappa shape index (κ3) is 2.41. The van der Waals surface area contributed by atoms with Crippen molar-refractivity contribution in [3.63, 3.8) is 0 Å². The maximum absolute atomic E-state index is 8.54. The summed E-state index contributed by atoms with van der Waals surface area (Å²) in [6.07, 6.45) is 5.03. The lowest BCUT2D eigenvalue weighted by Crippen LogP contribution is -1.86. The minimum Gasteiger partial charge on any atom is -0.396 e. The molecular weight excluding hydrogens is 227 g/mol. The van der Waals surface area contributed by atoms with Crippen LogP contribution in [0.1, 0.15) is 6.42 Å². The monoisotopic (exact) mass is 236 g/mol. The second-order valence-electron chi connectivity index (χ2n) is 1.76. The van der Waals surface area contributed by atoms with Gasteiger partial charge in [-0.1, -0.05) is 32.9 Å². The molecule has 0 aromatic carbocycles. The van der Waals surface area contributed by atoms with Crippen LogP contribution in [0.25, 0.3) is 0 Å². The fourth-order valence-corrected chi connectivity index (χ4v) is 2.21. The van der Waals surface area contributed by atoms with Gasteiger partial charge in [-0.3, -0.25) is 0 Å². The molecule has 0 aromatic rings. The molecule has 0 aliphatic carbocycles. The molecule has 0 amide bonds. The van der Waals surface area contributed by atoms with Crippen molar-refractivity contribution in [1.82, 2.24) is 0 Å². The highest BCUT2D eigenvalue weighted by molar-refractivity contribution is 14.2. The Morgan fingerprint density at radius 2 is 2.44 bits per heavy atom. The predicted octanol–water partition coefficient (Wildman–Crippen LogP) is 1.60. The van der Waals surface area contributed by atoms with Crippen LogP contribution in [0, 0.1) is 0 Å². The zero-order chi connectivity index (χ0) is 6.53. The second kappa shape index (κ2) is 3.95. The van der Waals surface area contributed by atoms with Crippen LogP contribution in [-0.2, 0) is 0 Å². The molecule has 50 valence electrons. The number of halogens is 1. The summed E-state index contributed by atoms with van der Waals surface area (Å²) in [5, 5.41) is 8.54. The van der Waals surface area contributed by atoms with E-state index in [2.05, 4.69) is 20.2 Å². The largest absolute Gasteiger partial charge is 0.396 e. The lowest BCUT2D eigenvalue weighted by molar-refractivity contribution is 0.300. The van der Waals surface area contributed by atoms with Crippen molar-refractivity contribution in [3.05, 3.63) is 21.8 Å². The molecular formula is C7H9IO. The molecule has 1 rings (SSSR count). The van der Waals surface area contributed by atoms with Gasteiger partial charge in [0.15, 0.2) is 0 Å². The summed E-state index contributed by atoms with van der Waals surface area (Å²) in [6.45, 7) is 0.266. The molecule has 0 saturated carbocycles. The second-order valence-corrected chi connectivity index (χ2v) is 3.92. The van der Waals surface area contributed by atoms with E-state index in [-0.39, 0.29) is 27.3 Å². The van der Waals surface area contributed by atoms with E-state index in [1.165, 1.54) is 5.57 Å². The zero-order valence-electron chi connectivity index (χ0n) is 5.05. The Balaban J connectivity index is 2.51. The van der Waals surface area contributed by atoms with Crippen molar-refractivity contribution in [2.75, 3.05) is 6.61 Å². The van der Waals surface area contributed by atoms with Crippen molar-refractivity contribution >= 4 is 24.7 Å². The molecule has 1 aliphatic heterocycles. The van der Waals surface area contributed by atoms with Crippen LogP contribution < -0.4 is 0 Å². The number of aliphatic hydroxyl groups is 1. The molecule has 1 nitrogen and oxygen atoms in total. The van der Waals surface area contributed by atoms with Crippen LogP contribution in [0.4, 0.5) is 0 Å². The fraction of sp³-hybridized carbons (Fsp3) is 0.286. The molecule has 1 N–H and O–H groups in total. The van der Waals surface area contributed by atoms with E-state index in [1.54, 1.807) is 0 Å². The molecule has 0 saturated heterocycles. The normalized spacial score (nSPS) is 16.8. The quantitative estimate of drug-likeness (QED) is 0.722. The Morgan fingerprint density at radius 1 is 1.56 bits per heavy atom. The van der Waals surface area contributed by atoms with Crippen molar-refractivity contribution < 1.29 is 5.11 Å². The third-order valence-electron chi connectivity index (χ3n) is 1.10. The number of rotatable bonds is 2. The van der Waals surface area contributed by atoms with Gasteiger partial charge in [0, 0.05) is 6.61 Å². The van der Waals surface area contributed by atoms with E-state index >= 15 is 0 Å². The van der Waals surface area contributed by atoms with E-state index in [4.69, 9.17) is 5.11 Å².